The van der Waals surface area contributed by atoms with Gasteiger partial charge in [0.05, 0.1) is 55.8 Å². The summed E-state index contributed by atoms with van der Waals surface area (Å²) in [7, 11) is 6.77. The van der Waals surface area contributed by atoms with Crippen LogP contribution in [0.5, 0.6) is 11.5 Å². The maximum absolute atomic E-state index is 14.5. The Labute approximate surface area is 383 Å². The third kappa shape index (κ3) is 11.6. The lowest BCUT2D eigenvalue weighted by molar-refractivity contribution is -0.296. The van der Waals surface area contributed by atoms with Gasteiger partial charge in [0, 0.05) is 42.6 Å². The van der Waals surface area contributed by atoms with Gasteiger partial charge in [-0.15, -0.1) is 0 Å². The van der Waals surface area contributed by atoms with Crippen molar-refractivity contribution in [2.45, 2.75) is 142 Å². The second-order valence-corrected chi connectivity index (χ2v) is 18.6. The molecule has 1 aromatic heterocycles. The van der Waals surface area contributed by atoms with Crippen molar-refractivity contribution in [3.8, 4) is 22.8 Å². The van der Waals surface area contributed by atoms with E-state index in [9.17, 15) is 24.6 Å². The molecule has 1 amide bonds. The first-order valence-electron chi connectivity index (χ1n) is 21.6. The van der Waals surface area contributed by atoms with Crippen LogP contribution in [-0.4, -0.2) is 145 Å². The molecule has 3 fully saturated rings. The van der Waals surface area contributed by atoms with E-state index in [1.807, 2.05) is 32.8 Å². The SMILES string of the molecule is CC[C@@H]1OC(=O)[C@H](C)C(=O)[C@H](C)[C@@H](O[C@@H]2O[C@H](C)C[C@H](N(C)C)[C@H]2O)[C@@]2(C)C[C@@H](C)C(=NC(C)=O)C[C@H](OC/C(=N/OCc3cc(-c4ccc(Br)c(OC)c4OC)no3)CO2)[C@]1(C)O. The summed E-state index contributed by atoms with van der Waals surface area (Å²) in [5, 5.41) is 32.6. The van der Waals surface area contributed by atoms with E-state index >= 15 is 0 Å². The molecule has 19 heteroatoms. The molecule has 64 heavy (non-hydrogen) atoms. The highest BCUT2D eigenvalue weighted by molar-refractivity contribution is 9.10. The zero-order chi connectivity index (χ0) is 47.3. The lowest BCUT2D eigenvalue weighted by atomic mass is 9.76. The van der Waals surface area contributed by atoms with Gasteiger partial charge in [-0.25, -0.2) is 4.99 Å². The van der Waals surface area contributed by atoms with Crippen molar-refractivity contribution in [1.29, 1.82) is 0 Å². The van der Waals surface area contributed by atoms with E-state index in [4.69, 9.17) is 42.5 Å². The van der Waals surface area contributed by atoms with Gasteiger partial charge in [-0.1, -0.05) is 31.1 Å². The van der Waals surface area contributed by atoms with Gasteiger partial charge in [0.2, 0.25) is 5.91 Å². The number of fused-ring (bicyclic) bond motifs is 5. The first-order valence-corrected chi connectivity index (χ1v) is 22.4. The van der Waals surface area contributed by atoms with Gasteiger partial charge in [-0.2, -0.15) is 0 Å². The molecule has 0 spiro atoms. The number of halogens is 1. The lowest BCUT2D eigenvalue weighted by Gasteiger charge is -2.47. The number of hydrogen-bond donors (Lipinski definition) is 2. The maximum Gasteiger partial charge on any atom is 0.316 e. The van der Waals surface area contributed by atoms with E-state index in [1.165, 1.54) is 35.0 Å². The topological polar surface area (TPSA) is 219 Å². The van der Waals surface area contributed by atoms with Crippen molar-refractivity contribution in [2.24, 2.45) is 27.9 Å². The van der Waals surface area contributed by atoms with Crippen LogP contribution in [-0.2, 0) is 49.5 Å². The van der Waals surface area contributed by atoms with Crippen LogP contribution >= 0.6 is 15.9 Å². The van der Waals surface area contributed by atoms with Crippen molar-refractivity contribution in [3.05, 3.63) is 28.4 Å². The van der Waals surface area contributed by atoms with E-state index in [-0.39, 0.29) is 56.9 Å². The first kappa shape index (κ1) is 51.2. The highest BCUT2D eigenvalue weighted by Gasteiger charge is 2.52. The molecule has 0 unspecified atom stereocenters. The second kappa shape index (κ2) is 21.7. The van der Waals surface area contributed by atoms with Crippen molar-refractivity contribution in [2.75, 3.05) is 41.5 Å². The van der Waals surface area contributed by atoms with E-state index in [1.54, 1.807) is 39.0 Å². The molecule has 4 heterocycles. The van der Waals surface area contributed by atoms with Gasteiger partial charge in [0.15, 0.2) is 35.9 Å². The number of aromatic nitrogens is 1. The average molecular weight is 966 g/mol. The molecule has 356 valence electrons. The van der Waals surface area contributed by atoms with Gasteiger partial charge in [-0.05, 0) is 95.0 Å². The molecular weight excluding hydrogens is 900 g/mol. The number of carbonyl (C=O) groups excluding carboxylic acids is 3. The van der Waals surface area contributed by atoms with Crippen LogP contribution in [0.2, 0.25) is 0 Å². The number of oxime groups is 1. The van der Waals surface area contributed by atoms with Crippen molar-refractivity contribution in [1.82, 2.24) is 10.1 Å². The van der Waals surface area contributed by atoms with Crippen LogP contribution in [0.1, 0.15) is 86.8 Å². The quantitative estimate of drug-likeness (QED) is 0.175. The first-order chi connectivity index (χ1) is 30.1. The van der Waals surface area contributed by atoms with Gasteiger partial charge in [-0.3, -0.25) is 14.4 Å². The van der Waals surface area contributed by atoms with Crippen LogP contribution in [0.15, 0.2) is 37.3 Å². The van der Waals surface area contributed by atoms with Crippen LogP contribution in [0.3, 0.4) is 0 Å². The minimum Gasteiger partial charge on any atom is -0.492 e. The van der Waals surface area contributed by atoms with Crippen molar-refractivity contribution >= 4 is 45.0 Å². The summed E-state index contributed by atoms with van der Waals surface area (Å²) < 4.78 is 49.7. The molecule has 0 aliphatic carbocycles. The van der Waals surface area contributed by atoms with Crippen molar-refractivity contribution in [3.63, 3.8) is 0 Å². The summed E-state index contributed by atoms with van der Waals surface area (Å²) in [5.41, 5.74) is -1.62. The summed E-state index contributed by atoms with van der Waals surface area (Å²) in [6.45, 7) is 12.5. The van der Waals surface area contributed by atoms with E-state index in [0.29, 0.717) is 45.1 Å². The molecule has 12 atom stereocenters. The Kier molecular flexibility index (Phi) is 17.3. The Balaban J connectivity index is 1.60. The predicted octanol–water partition coefficient (Wildman–Crippen LogP) is 5.31. The Morgan fingerprint density at radius 2 is 1.78 bits per heavy atom. The van der Waals surface area contributed by atoms with Gasteiger partial charge in [0.25, 0.3) is 0 Å². The Morgan fingerprint density at radius 3 is 2.42 bits per heavy atom. The number of aliphatic hydroxyl groups excluding tert-OH is 1. The number of nitrogens with zero attached hydrogens (tertiary/aromatic N) is 4. The van der Waals surface area contributed by atoms with Gasteiger partial charge < -0.3 is 57.6 Å². The maximum atomic E-state index is 14.5. The summed E-state index contributed by atoms with van der Waals surface area (Å²) >= 11 is 3.47. The van der Waals surface area contributed by atoms with Gasteiger partial charge >= 0.3 is 5.97 Å². The molecule has 18 nitrogen and oxygen atoms in total. The number of aliphatic hydroxyl groups is 2. The number of carbonyl (C=O) groups is 3. The number of aliphatic imine (C=N–C) groups is 1. The second-order valence-electron chi connectivity index (χ2n) is 17.7. The third-order valence-corrected chi connectivity index (χ3v) is 13.1. The lowest BCUT2D eigenvalue weighted by Crippen LogP contribution is -2.59. The van der Waals surface area contributed by atoms with Gasteiger partial charge in [0.1, 0.15) is 35.1 Å². The summed E-state index contributed by atoms with van der Waals surface area (Å²) in [6, 6.07) is 4.94. The number of ketones is 1. The van der Waals surface area contributed by atoms with E-state index < -0.39 is 77.3 Å². The smallest absolute Gasteiger partial charge is 0.316 e. The van der Waals surface area contributed by atoms with Crippen LogP contribution < -0.4 is 9.47 Å². The number of likely N-dealkylation sites (N-methyl/N-ethyl adjacent to an activating group) is 1. The fraction of sp³-hybridized carbons (Fsp3) is 0.689. The molecule has 3 aliphatic heterocycles. The van der Waals surface area contributed by atoms with Crippen LogP contribution in [0.4, 0.5) is 0 Å². The van der Waals surface area contributed by atoms with Crippen LogP contribution in [0, 0.1) is 17.8 Å². The molecule has 2 bridgehead atoms. The highest BCUT2D eigenvalue weighted by Crippen LogP contribution is 2.43. The number of ether oxygens (including phenoxy) is 7. The highest BCUT2D eigenvalue weighted by atomic mass is 79.9. The molecule has 3 aliphatic rings. The zero-order valence-corrected chi connectivity index (χ0v) is 40.5. The van der Waals surface area contributed by atoms with E-state index in [2.05, 4.69) is 31.2 Å². The minimum absolute atomic E-state index is 0.0563. The zero-order valence-electron chi connectivity index (χ0n) is 38.9. The fourth-order valence-corrected chi connectivity index (χ4v) is 9.32. The number of esters is 1. The molecular formula is C45H65BrN4O14. The average Bonchev–Trinajstić information content (AvgIpc) is 3.71. The molecule has 5 rings (SSSR count). The molecule has 1 aromatic carbocycles. The minimum atomic E-state index is -1.86. The number of cyclic esters (lactones) is 1. The molecule has 3 saturated heterocycles. The Hall–Kier alpha value is -3.82. The molecule has 0 saturated carbocycles. The normalized spacial score (nSPS) is 34.8. The Morgan fingerprint density at radius 1 is 1.08 bits per heavy atom. The number of amides is 1. The Bertz CT molecular complexity index is 2020. The van der Waals surface area contributed by atoms with E-state index in [0.717, 1.165) is 0 Å². The number of benzene rings is 1. The molecule has 0 radical (unpaired) electrons. The monoisotopic (exact) mass is 964 g/mol. The largest absolute Gasteiger partial charge is 0.492 e. The summed E-state index contributed by atoms with van der Waals surface area (Å²) in [4.78, 5) is 53.3. The summed E-state index contributed by atoms with van der Waals surface area (Å²) in [5.74, 6) is -3.46. The number of methoxy groups -OCH3 is 2. The third-order valence-electron chi connectivity index (χ3n) is 12.5. The van der Waals surface area contributed by atoms with Crippen molar-refractivity contribution < 1.29 is 67.1 Å². The molecule has 2 aromatic rings. The fourth-order valence-electron chi connectivity index (χ4n) is 8.85. The number of hydrogen-bond acceptors (Lipinski definition) is 17. The number of rotatable bonds is 10. The summed E-state index contributed by atoms with van der Waals surface area (Å²) in [6.07, 6.45) is -5.35. The number of Topliss-reactive ketones (excluding diaryl/α,β-unsaturated/α-hetero) is 1. The molecule has 2 N–H and O–H groups in total. The predicted molar refractivity (Wildman–Crippen MR) is 237 cm³/mol. The standard InChI is InChI=1S/C45H65BrN4O14/c1-13-35-45(8,55)36-18-32(47-27(6)51)23(2)19-44(7,41(25(4)37(52)26(5)42(54)62-35)63-43-38(53)34(50(9)10)16-24(3)61-43)59-21-28(20-58-36)48-60-22-29-17-33(49-64-29)30-14-15-31(46)40(57-12)39(30)56-11/h14-15,17,23-26,34-36,38,41,43,53,55H,13,16,18-22H2,1-12H3/b47-32?,48-28-/t23-,24-,25+,26-,34+,35+,36+,38-,41-,43+,44-,45-/m1/s1. The van der Waals surface area contributed by atoms with Crippen LogP contribution in [0.25, 0.3) is 11.3 Å².